The van der Waals surface area contributed by atoms with Gasteiger partial charge in [0.2, 0.25) is 0 Å². The first kappa shape index (κ1) is 19.1. The molecule has 1 N–H and O–H groups in total. The Morgan fingerprint density at radius 3 is 2.48 bits per heavy atom. The standard InChI is InChI=1S/C24H28N2O.H2/c1-3-4-10-22-23(25-26-24(22)20-8-6-5-7-9-20)17-21(27)16-15-19-13-11-18(2)12-14-19;/h5-9,11-14H,3-4,10,15-17H2,1-2H3,(H,25,26);1H. The highest BCUT2D eigenvalue weighted by Crippen LogP contribution is 2.26. The molecule has 27 heavy (non-hydrogen) atoms. The largest absolute Gasteiger partial charge is 0.299 e. The maximum Gasteiger partial charge on any atom is 0.139 e. The van der Waals surface area contributed by atoms with Gasteiger partial charge in [0, 0.05) is 31.1 Å². The summed E-state index contributed by atoms with van der Waals surface area (Å²) in [5, 5.41) is 7.69. The Kier molecular flexibility index (Phi) is 6.59. The highest BCUT2D eigenvalue weighted by Gasteiger charge is 2.16. The summed E-state index contributed by atoms with van der Waals surface area (Å²) >= 11 is 0. The zero-order valence-electron chi connectivity index (χ0n) is 16.3. The number of unbranched alkanes of at least 4 members (excludes halogenated alkanes) is 1. The fourth-order valence-electron chi connectivity index (χ4n) is 3.33. The van der Waals surface area contributed by atoms with Crippen LogP contribution in [-0.2, 0) is 24.1 Å². The molecule has 1 heterocycles. The third-order valence-electron chi connectivity index (χ3n) is 4.97. The van der Waals surface area contributed by atoms with Gasteiger partial charge in [0.1, 0.15) is 5.78 Å². The van der Waals surface area contributed by atoms with Crippen LogP contribution in [0.1, 0.15) is 50.0 Å². The van der Waals surface area contributed by atoms with Crippen molar-refractivity contribution in [2.45, 2.75) is 52.4 Å². The Morgan fingerprint density at radius 2 is 1.78 bits per heavy atom. The van der Waals surface area contributed by atoms with E-state index in [1.807, 2.05) is 18.2 Å². The molecule has 0 aliphatic heterocycles. The predicted molar refractivity (Wildman–Crippen MR) is 113 cm³/mol. The smallest absolute Gasteiger partial charge is 0.139 e. The zero-order chi connectivity index (χ0) is 19.1. The third kappa shape index (κ3) is 5.16. The van der Waals surface area contributed by atoms with E-state index in [1.54, 1.807) is 0 Å². The number of ketones is 1. The highest BCUT2D eigenvalue weighted by atomic mass is 16.1. The Labute approximate surface area is 163 Å². The van der Waals surface area contributed by atoms with E-state index < -0.39 is 0 Å². The number of aromatic nitrogens is 2. The van der Waals surface area contributed by atoms with Crippen LogP contribution in [0.5, 0.6) is 0 Å². The Balaban J connectivity index is 0.00000280. The molecule has 0 unspecified atom stereocenters. The van der Waals surface area contributed by atoms with Crippen molar-refractivity contribution in [2.75, 3.05) is 0 Å². The minimum absolute atomic E-state index is 0. The Hall–Kier alpha value is -2.68. The first-order valence-electron chi connectivity index (χ1n) is 9.86. The molecular formula is C24H30N2O. The number of rotatable bonds is 9. The molecule has 0 spiro atoms. The lowest BCUT2D eigenvalue weighted by atomic mass is 9.97. The van der Waals surface area contributed by atoms with Crippen LogP contribution >= 0.6 is 0 Å². The van der Waals surface area contributed by atoms with E-state index in [0.29, 0.717) is 12.8 Å². The van der Waals surface area contributed by atoms with Gasteiger partial charge in [-0.2, -0.15) is 5.10 Å². The van der Waals surface area contributed by atoms with Crippen molar-refractivity contribution in [1.29, 1.82) is 0 Å². The molecule has 0 atom stereocenters. The van der Waals surface area contributed by atoms with Crippen molar-refractivity contribution < 1.29 is 6.22 Å². The third-order valence-corrected chi connectivity index (χ3v) is 4.97. The zero-order valence-corrected chi connectivity index (χ0v) is 16.3. The SMILES string of the molecule is CCCCc1c(-c2ccccc2)n[nH]c1CC(=O)CCc1ccc(C)cc1.[HH]. The van der Waals surface area contributed by atoms with Gasteiger partial charge >= 0.3 is 0 Å². The molecular weight excluding hydrogens is 332 g/mol. The molecule has 0 saturated heterocycles. The average Bonchev–Trinajstić information content (AvgIpc) is 3.09. The minimum Gasteiger partial charge on any atom is -0.299 e. The molecule has 3 nitrogen and oxygen atoms in total. The number of Topliss-reactive ketones (excluding diaryl/α,β-unsaturated/α-hetero) is 1. The summed E-state index contributed by atoms with van der Waals surface area (Å²) in [6.07, 6.45) is 4.98. The number of nitrogens with one attached hydrogen (secondary N) is 1. The van der Waals surface area contributed by atoms with E-state index in [9.17, 15) is 4.79 Å². The lowest BCUT2D eigenvalue weighted by Gasteiger charge is -2.06. The fourth-order valence-corrected chi connectivity index (χ4v) is 3.33. The van der Waals surface area contributed by atoms with Crippen LogP contribution in [0.3, 0.4) is 0 Å². The van der Waals surface area contributed by atoms with Gasteiger partial charge in [-0.25, -0.2) is 0 Å². The second-order valence-corrected chi connectivity index (χ2v) is 7.20. The molecule has 2 aromatic carbocycles. The maximum atomic E-state index is 12.6. The van der Waals surface area contributed by atoms with Gasteiger partial charge in [0.15, 0.2) is 0 Å². The maximum absolute atomic E-state index is 12.6. The molecule has 0 bridgehead atoms. The van der Waals surface area contributed by atoms with Gasteiger partial charge in [-0.15, -0.1) is 0 Å². The molecule has 1 aromatic heterocycles. The molecule has 0 radical (unpaired) electrons. The van der Waals surface area contributed by atoms with Gasteiger partial charge in [0.05, 0.1) is 5.69 Å². The number of carbonyl (C=O) groups is 1. The van der Waals surface area contributed by atoms with E-state index in [0.717, 1.165) is 42.6 Å². The fraction of sp³-hybridized carbons (Fsp3) is 0.333. The monoisotopic (exact) mass is 362 g/mol. The van der Waals surface area contributed by atoms with Crippen molar-refractivity contribution in [3.63, 3.8) is 0 Å². The number of benzene rings is 2. The number of hydrogen-bond donors (Lipinski definition) is 1. The molecule has 0 fully saturated rings. The van der Waals surface area contributed by atoms with Crippen molar-refractivity contribution in [2.24, 2.45) is 0 Å². The number of H-pyrrole nitrogens is 1. The second kappa shape index (κ2) is 9.31. The van der Waals surface area contributed by atoms with Crippen molar-refractivity contribution >= 4 is 5.78 Å². The van der Waals surface area contributed by atoms with Crippen LogP contribution in [0.25, 0.3) is 11.3 Å². The van der Waals surface area contributed by atoms with E-state index in [1.165, 1.54) is 16.7 Å². The lowest BCUT2D eigenvalue weighted by molar-refractivity contribution is -0.118. The number of aromatic amines is 1. The number of carbonyl (C=O) groups excluding carboxylic acids is 1. The van der Waals surface area contributed by atoms with Gasteiger partial charge in [-0.05, 0) is 31.7 Å². The van der Waals surface area contributed by atoms with Crippen LogP contribution in [-0.4, -0.2) is 16.0 Å². The Bertz CT molecular complexity index is 869. The van der Waals surface area contributed by atoms with Crippen molar-refractivity contribution in [3.8, 4) is 11.3 Å². The van der Waals surface area contributed by atoms with Gasteiger partial charge < -0.3 is 0 Å². The van der Waals surface area contributed by atoms with E-state index in [2.05, 4.69) is 60.4 Å². The van der Waals surface area contributed by atoms with Crippen LogP contribution in [0, 0.1) is 6.92 Å². The Morgan fingerprint density at radius 1 is 1.04 bits per heavy atom. The summed E-state index contributed by atoms with van der Waals surface area (Å²) in [6.45, 7) is 4.27. The molecule has 3 aromatic rings. The summed E-state index contributed by atoms with van der Waals surface area (Å²) in [6, 6.07) is 18.6. The van der Waals surface area contributed by atoms with Crippen molar-refractivity contribution in [1.82, 2.24) is 10.2 Å². The first-order valence-corrected chi connectivity index (χ1v) is 9.86. The summed E-state index contributed by atoms with van der Waals surface area (Å²) in [7, 11) is 0. The second-order valence-electron chi connectivity index (χ2n) is 7.20. The highest BCUT2D eigenvalue weighted by molar-refractivity contribution is 5.81. The molecule has 0 aliphatic carbocycles. The minimum atomic E-state index is 0. The molecule has 0 amide bonds. The summed E-state index contributed by atoms with van der Waals surface area (Å²) in [5.41, 5.74) is 6.75. The quantitative estimate of drug-likeness (QED) is 0.529. The van der Waals surface area contributed by atoms with Crippen LogP contribution in [0.15, 0.2) is 54.6 Å². The summed E-state index contributed by atoms with van der Waals surface area (Å²) in [5.74, 6) is 0.261. The average molecular weight is 363 g/mol. The van der Waals surface area contributed by atoms with E-state index in [-0.39, 0.29) is 7.21 Å². The van der Waals surface area contributed by atoms with Crippen LogP contribution in [0.4, 0.5) is 0 Å². The normalized spacial score (nSPS) is 10.9. The molecule has 3 rings (SSSR count). The topological polar surface area (TPSA) is 45.8 Å². The molecule has 0 aliphatic rings. The molecule has 0 saturated carbocycles. The predicted octanol–water partition coefficient (Wildman–Crippen LogP) is 5.72. The lowest BCUT2D eigenvalue weighted by Crippen LogP contribution is -2.07. The molecule has 3 heteroatoms. The number of aryl methyl sites for hydroxylation is 2. The van der Waals surface area contributed by atoms with Gasteiger partial charge in [-0.3, -0.25) is 9.89 Å². The van der Waals surface area contributed by atoms with Crippen LogP contribution in [0.2, 0.25) is 0 Å². The summed E-state index contributed by atoms with van der Waals surface area (Å²) in [4.78, 5) is 12.6. The first-order chi connectivity index (χ1) is 13.2. The van der Waals surface area contributed by atoms with Gasteiger partial charge in [-0.1, -0.05) is 73.5 Å². The van der Waals surface area contributed by atoms with E-state index >= 15 is 0 Å². The number of hydrogen-bond acceptors (Lipinski definition) is 2. The van der Waals surface area contributed by atoms with Crippen molar-refractivity contribution in [3.05, 3.63) is 77.0 Å². The molecule has 142 valence electrons. The number of nitrogens with zero attached hydrogens (tertiary/aromatic N) is 1. The van der Waals surface area contributed by atoms with Gasteiger partial charge in [0.25, 0.3) is 0 Å². The summed E-state index contributed by atoms with van der Waals surface area (Å²) < 4.78 is 0. The van der Waals surface area contributed by atoms with E-state index in [4.69, 9.17) is 0 Å². The van der Waals surface area contributed by atoms with Crippen LogP contribution < -0.4 is 0 Å².